The van der Waals surface area contributed by atoms with Crippen LogP contribution in [0.25, 0.3) is 0 Å². The van der Waals surface area contributed by atoms with Crippen molar-refractivity contribution in [1.29, 1.82) is 0 Å². The molecule has 0 fully saturated rings. The number of unbranched alkanes of at least 4 members (excludes halogenated alkanes) is 1. The van der Waals surface area contributed by atoms with Crippen LogP contribution in [-0.4, -0.2) is 37.0 Å². The molecule has 0 aliphatic heterocycles. The second kappa shape index (κ2) is 10.7. The fraction of sp³-hybridized carbons (Fsp3) is 0.769. The lowest BCUT2D eigenvalue weighted by Gasteiger charge is -2.17. The summed E-state index contributed by atoms with van der Waals surface area (Å²) in [5, 5.41) is 2.95. The summed E-state index contributed by atoms with van der Waals surface area (Å²) < 4.78 is 0. The second-order valence-electron chi connectivity index (χ2n) is 3.84. The molecule has 0 radical (unpaired) electrons. The molecule has 1 amide bonds. The molecule has 0 aromatic rings. The van der Waals surface area contributed by atoms with E-state index in [0.29, 0.717) is 6.42 Å². The van der Waals surface area contributed by atoms with Gasteiger partial charge in [-0.05, 0) is 32.9 Å². The zero-order valence-electron chi connectivity index (χ0n) is 11.0. The maximum absolute atomic E-state index is 11.4. The van der Waals surface area contributed by atoms with Gasteiger partial charge in [-0.2, -0.15) is 0 Å². The minimum atomic E-state index is 0.177. The molecule has 16 heavy (non-hydrogen) atoms. The fourth-order valence-electron chi connectivity index (χ4n) is 1.53. The van der Waals surface area contributed by atoms with Crippen LogP contribution in [0.5, 0.6) is 0 Å². The van der Waals surface area contributed by atoms with Crippen molar-refractivity contribution in [2.24, 2.45) is 0 Å². The van der Waals surface area contributed by atoms with Crippen LogP contribution >= 0.6 is 0 Å². The van der Waals surface area contributed by atoms with Crippen LogP contribution in [0, 0.1) is 0 Å². The number of hydrogen-bond donors (Lipinski definition) is 1. The average molecular weight is 226 g/mol. The molecule has 0 aromatic carbocycles. The Morgan fingerprint density at radius 1 is 1.31 bits per heavy atom. The van der Waals surface area contributed by atoms with Crippen molar-refractivity contribution in [3.8, 4) is 0 Å². The first-order valence-electron chi connectivity index (χ1n) is 6.34. The molecular formula is C13H26N2O. The minimum absolute atomic E-state index is 0.177. The average Bonchev–Trinajstić information content (AvgIpc) is 2.30. The van der Waals surface area contributed by atoms with E-state index in [4.69, 9.17) is 0 Å². The summed E-state index contributed by atoms with van der Waals surface area (Å²) in [7, 11) is 0. The summed E-state index contributed by atoms with van der Waals surface area (Å²) in [5.74, 6) is 0.177. The van der Waals surface area contributed by atoms with Gasteiger partial charge in [0.25, 0.3) is 0 Å². The Hall–Kier alpha value is -0.830. The first-order chi connectivity index (χ1) is 7.74. The molecule has 0 heterocycles. The Labute approximate surface area is 99.9 Å². The van der Waals surface area contributed by atoms with Crippen molar-refractivity contribution in [1.82, 2.24) is 10.2 Å². The molecule has 0 saturated carbocycles. The van der Waals surface area contributed by atoms with Crippen molar-refractivity contribution < 1.29 is 4.79 Å². The molecular weight excluding hydrogens is 200 g/mol. The summed E-state index contributed by atoms with van der Waals surface area (Å²) in [6.45, 7) is 10.1. The maximum Gasteiger partial charge on any atom is 0.220 e. The number of nitrogens with one attached hydrogen (secondary N) is 1. The number of rotatable bonds is 9. The molecule has 0 unspecified atom stereocenters. The van der Waals surface area contributed by atoms with Gasteiger partial charge in [-0.25, -0.2) is 0 Å². The molecule has 0 aliphatic carbocycles. The molecule has 0 rings (SSSR count). The van der Waals surface area contributed by atoms with Gasteiger partial charge < -0.3 is 10.2 Å². The number of amides is 1. The van der Waals surface area contributed by atoms with Gasteiger partial charge in [0.2, 0.25) is 5.91 Å². The molecule has 3 heteroatoms. The number of hydrogen-bond acceptors (Lipinski definition) is 2. The van der Waals surface area contributed by atoms with E-state index in [1.807, 2.05) is 13.0 Å². The smallest absolute Gasteiger partial charge is 0.220 e. The number of nitrogens with zero attached hydrogens (tertiary/aromatic N) is 1. The summed E-state index contributed by atoms with van der Waals surface area (Å²) in [6.07, 6.45) is 6.71. The molecule has 0 aromatic heterocycles. The molecule has 3 nitrogen and oxygen atoms in total. The number of likely N-dealkylation sites (N-methyl/N-ethyl adjacent to an activating group) is 1. The monoisotopic (exact) mass is 226 g/mol. The highest BCUT2D eigenvalue weighted by Crippen LogP contribution is 1.96. The van der Waals surface area contributed by atoms with Crippen LogP contribution in [0.2, 0.25) is 0 Å². The summed E-state index contributed by atoms with van der Waals surface area (Å²) >= 11 is 0. The normalized spacial score (nSPS) is 11.2. The van der Waals surface area contributed by atoms with Crippen molar-refractivity contribution >= 4 is 5.91 Å². The number of carbonyl (C=O) groups is 1. The molecule has 0 saturated heterocycles. The van der Waals surface area contributed by atoms with Crippen LogP contribution in [0.1, 0.15) is 40.0 Å². The van der Waals surface area contributed by atoms with E-state index >= 15 is 0 Å². The zero-order valence-corrected chi connectivity index (χ0v) is 11.0. The number of carbonyl (C=O) groups excluding carboxylic acids is 1. The van der Waals surface area contributed by atoms with E-state index in [1.165, 1.54) is 0 Å². The first kappa shape index (κ1) is 15.2. The van der Waals surface area contributed by atoms with E-state index in [9.17, 15) is 4.79 Å². The lowest BCUT2D eigenvalue weighted by molar-refractivity contribution is -0.121. The van der Waals surface area contributed by atoms with Crippen LogP contribution in [0.4, 0.5) is 0 Å². The van der Waals surface area contributed by atoms with Gasteiger partial charge in [0.1, 0.15) is 0 Å². The SMILES string of the molecule is C/C=C/CCCC(=O)NCCN(CC)CC. The minimum Gasteiger partial charge on any atom is -0.355 e. The molecule has 0 spiro atoms. The quantitative estimate of drug-likeness (QED) is 0.483. The Morgan fingerprint density at radius 2 is 2.00 bits per heavy atom. The van der Waals surface area contributed by atoms with Gasteiger partial charge in [0, 0.05) is 19.5 Å². The third-order valence-electron chi connectivity index (χ3n) is 2.65. The highest BCUT2D eigenvalue weighted by Gasteiger charge is 2.01. The van der Waals surface area contributed by atoms with Crippen molar-refractivity contribution in [3.63, 3.8) is 0 Å². The standard InChI is InChI=1S/C13H26N2O/c1-4-7-8-9-10-13(16)14-11-12-15(5-2)6-3/h4,7H,5-6,8-12H2,1-3H3,(H,14,16)/b7-4+. The summed E-state index contributed by atoms with van der Waals surface area (Å²) in [6, 6.07) is 0. The Morgan fingerprint density at radius 3 is 2.56 bits per heavy atom. The number of allylic oxidation sites excluding steroid dienone is 2. The van der Waals surface area contributed by atoms with Gasteiger partial charge in [-0.3, -0.25) is 4.79 Å². The third kappa shape index (κ3) is 8.48. The maximum atomic E-state index is 11.4. The van der Waals surface area contributed by atoms with E-state index in [-0.39, 0.29) is 5.91 Å². The predicted molar refractivity (Wildman–Crippen MR) is 69.5 cm³/mol. The Kier molecular flexibility index (Phi) is 10.1. The van der Waals surface area contributed by atoms with Gasteiger partial charge in [0.05, 0.1) is 0 Å². The lowest BCUT2D eigenvalue weighted by Crippen LogP contribution is -2.34. The summed E-state index contributed by atoms with van der Waals surface area (Å²) in [5.41, 5.74) is 0. The Balaban J connectivity index is 3.43. The zero-order chi connectivity index (χ0) is 12.2. The van der Waals surface area contributed by atoms with Gasteiger partial charge in [0.15, 0.2) is 0 Å². The van der Waals surface area contributed by atoms with E-state index < -0.39 is 0 Å². The van der Waals surface area contributed by atoms with E-state index in [1.54, 1.807) is 0 Å². The molecule has 0 aliphatic rings. The predicted octanol–water partition coefficient (Wildman–Crippen LogP) is 2.19. The van der Waals surface area contributed by atoms with E-state index in [2.05, 4.69) is 30.1 Å². The molecule has 0 atom stereocenters. The van der Waals surface area contributed by atoms with Crippen LogP contribution in [0.3, 0.4) is 0 Å². The first-order valence-corrected chi connectivity index (χ1v) is 6.34. The van der Waals surface area contributed by atoms with Gasteiger partial charge in [-0.15, -0.1) is 0 Å². The van der Waals surface area contributed by atoms with Gasteiger partial charge >= 0.3 is 0 Å². The van der Waals surface area contributed by atoms with Crippen LogP contribution in [0.15, 0.2) is 12.2 Å². The highest BCUT2D eigenvalue weighted by atomic mass is 16.1. The van der Waals surface area contributed by atoms with Crippen LogP contribution < -0.4 is 5.32 Å². The summed E-state index contributed by atoms with van der Waals surface area (Å²) in [4.78, 5) is 13.7. The fourth-order valence-corrected chi connectivity index (χ4v) is 1.53. The van der Waals surface area contributed by atoms with Gasteiger partial charge in [-0.1, -0.05) is 26.0 Å². The molecule has 0 bridgehead atoms. The van der Waals surface area contributed by atoms with Crippen molar-refractivity contribution in [2.45, 2.75) is 40.0 Å². The third-order valence-corrected chi connectivity index (χ3v) is 2.65. The largest absolute Gasteiger partial charge is 0.355 e. The topological polar surface area (TPSA) is 32.3 Å². The molecule has 1 N–H and O–H groups in total. The lowest BCUT2D eigenvalue weighted by atomic mass is 10.2. The van der Waals surface area contributed by atoms with Crippen molar-refractivity contribution in [3.05, 3.63) is 12.2 Å². The van der Waals surface area contributed by atoms with E-state index in [0.717, 1.165) is 39.0 Å². The second-order valence-corrected chi connectivity index (χ2v) is 3.84. The molecule has 94 valence electrons. The Bertz CT molecular complexity index is 198. The van der Waals surface area contributed by atoms with Crippen molar-refractivity contribution in [2.75, 3.05) is 26.2 Å². The highest BCUT2D eigenvalue weighted by molar-refractivity contribution is 5.75. The van der Waals surface area contributed by atoms with Crippen LogP contribution in [-0.2, 0) is 4.79 Å².